The summed E-state index contributed by atoms with van der Waals surface area (Å²) in [6, 6.07) is 7.41. The summed E-state index contributed by atoms with van der Waals surface area (Å²) in [6.07, 6.45) is -0.321. The first kappa shape index (κ1) is 17.3. The fourth-order valence-corrected chi connectivity index (χ4v) is 2.85. The van der Waals surface area contributed by atoms with Gasteiger partial charge in [-0.05, 0) is 37.5 Å². The highest BCUT2D eigenvalue weighted by atomic mass is 19.4. The molecule has 0 unspecified atom stereocenters. The summed E-state index contributed by atoms with van der Waals surface area (Å²) >= 11 is 0. The highest BCUT2D eigenvalue weighted by molar-refractivity contribution is 5.94. The predicted octanol–water partition coefficient (Wildman–Crippen LogP) is 3.70. The maximum atomic E-state index is 13.0. The summed E-state index contributed by atoms with van der Waals surface area (Å²) in [5.41, 5.74) is 0.0508. The molecule has 0 bridgehead atoms. The van der Waals surface area contributed by atoms with E-state index in [1.165, 1.54) is 30.6 Å². The van der Waals surface area contributed by atoms with E-state index in [1.54, 1.807) is 17.9 Å². The van der Waals surface area contributed by atoms with Crippen molar-refractivity contribution in [3.8, 4) is 0 Å². The van der Waals surface area contributed by atoms with E-state index in [2.05, 4.69) is 0 Å². The monoisotopic (exact) mass is 350 g/mol. The zero-order valence-corrected chi connectivity index (χ0v) is 13.5. The van der Waals surface area contributed by atoms with Gasteiger partial charge in [-0.3, -0.25) is 4.79 Å². The van der Waals surface area contributed by atoms with E-state index < -0.39 is 17.8 Å². The van der Waals surface area contributed by atoms with E-state index in [9.17, 15) is 23.2 Å². The van der Waals surface area contributed by atoms with Crippen LogP contribution in [0, 0.1) is 5.21 Å². The fourth-order valence-electron chi connectivity index (χ4n) is 2.85. The third kappa shape index (κ3) is 3.75. The summed E-state index contributed by atoms with van der Waals surface area (Å²) in [5.74, 6) is -0.284. The third-order valence-corrected chi connectivity index (χ3v) is 4.34. The largest absolute Gasteiger partial charge is 0.619 e. The highest BCUT2D eigenvalue weighted by Gasteiger charge is 2.38. The maximum Gasteiger partial charge on any atom is 0.416 e. The topological polar surface area (TPSA) is 47.2 Å². The Bertz CT molecular complexity index is 771. The van der Waals surface area contributed by atoms with Crippen LogP contribution in [-0.2, 0) is 6.18 Å². The van der Waals surface area contributed by atoms with E-state index in [4.69, 9.17) is 0 Å². The average molecular weight is 350 g/mol. The van der Waals surface area contributed by atoms with Gasteiger partial charge in [0.05, 0.1) is 17.2 Å². The number of nitrogens with zero attached hydrogens (tertiary/aromatic N) is 2. The number of carbonyl (C=O) groups excluding carboxylic acids is 1. The Labute approximate surface area is 143 Å². The minimum atomic E-state index is -4.43. The summed E-state index contributed by atoms with van der Waals surface area (Å²) in [6.45, 7) is 1.72. The molecule has 2 aromatic rings. The van der Waals surface area contributed by atoms with E-state index >= 15 is 0 Å². The van der Waals surface area contributed by atoms with Gasteiger partial charge >= 0.3 is 6.18 Å². The van der Waals surface area contributed by atoms with Gasteiger partial charge in [-0.2, -0.15) is 17.9 Å². The molecule has 1 aliphatic rings. The van der Waals surface area contributed by atoms with Crippen LogP contribution < -0.4 is 4.73 Å². The second-order valence-corrected chi connectivity index (χ2v) is 6.19. The fraction of sp³-hybridized carbons (Fsp3) is 0.333. The van der Waals surface area contributed by atoms with E-state index in [1.807, 2.05) is 0 Å². The lowest BCUT2D eigenvalue weighted by atomic mass is 10.0. The Balaban J connectivity index is 1.90. The van der Waals surface area contributed by atoms with Gasteiger partial charge < -0.3 is 10.1 Å². The van der Waals surface area contributed by atoms with Crippen molar-refractivity contribution in [2.45, 2.75) is 38.0 Å². The van der Waals surface area contributed by atoms with Crippen molar-refractivity contribution in [3.63, 3.8) is 0 Å². The molecule has 1 aromatic carbocycles. The van der Waals surface area contributed by atoms with Crippen molar-refractivity contribution >= 4 is 5.91 Å². The van der Waals surface area contributed by atoms with Gasteiger partial charge in [-0.25, -0.2) is 0 Å². The van der Waals surface area contributed by atoms with E-state index in [-0.39, 0.29) is 11.9 Å². The molecule has 1 atom stereocenters. The molecule has 132 valence electrons. The van der Waals surface area contributed by atoms with Crippen LogP contribution in [0.25, 0.3) is 0 Å². The van der Waals surface area contributed by atoms with Gasteiger partial charge in [-0.1, -0.05) is 12.1 Å². The third-order valence-electron chi connectivity index (χ3n) is 4.34. The minimum Gasteiger partial charge on any atom is -0.619 e. The molecule has 1 saturated carbocycles. The summed E-state index contributed by atoms with van der Waals surface area (Å²) in [4.78, 5) is 14.4. The second-order valence-electron chi connectivity index (χ2n) is 6.19. The Morgan fingerprint density at radius 2 is 1.88 bits per heavy atom. The van der Waals surface area contributed by atoms with Crippen LogP contribution in [0.3, 0.4) is 0 Å². The molecule has 25 heavy (non-hydrogen) atoms. The van der Waals surface area contributed by atoms with Crippen molar-refractivity contribution in [1.82, 2.24) is 4.90 Å². The zero-order chi connectivity index (χ0) is 18.2. The molecule has 0 spiro atoms. The van der Waals surface area contributed by atoms with Crippen molar-refractivity contribution in [2.75, 3.05) is 0 Å². The van der Waals surface area contributed by atoms with Crippen LogP contribution in [0.5, 0.6) is 0 Å². The number of aromatic nitrogens is 1. The molecule has 1 aromatic heterocycles. The molecule has 1 amide bonds. The minimum absolute atomic E-state index is 0.0108. The molecule has 7 heteroatoms. The molecular formula is C18H17F3N2O2. The predicted molar refractivity (Wildman–Crippen MR) is 84.5 cm³/mol. The molecule has 0 N–H and O–H groups in total. The van der Waals surface area contributed by atoms with Crippen molar-refractivity contribution in [3.05, 3.63) is 70.7 Å². The first-order valence-electron chi connectivity index (χ1n) is 7.96. The number of amides is 1. The average Bonchev–Trinajstić information content (AvgIpc) is 3.39. The molecule has 1 heterocycles. The Morgan fingerprint density at radius 3 is 2.44 bits per heavy atom. The number of pyridine rings is 1. The number of rotatable bonds is 4. The van der Waals surface area contributed by atoms with E-state index in [0.29, 0.717) is 15.9 Å². The Hall–Kier alpha value is -2.57. The lowest BCUT2D eigenvalue weighted by Gasteiger charge is -2.30. The molecule has 0 saturated heterocycles. The maximum absolute atomic E-state index is 13.0. The smallest absolute Gasteiger partial charge is 0.416 e. The van der Waals surface area contributed by atoms with Crippen molar-refractivity contribution in [2.24, 2.45) is 0 Å². The SMILES string of the molecule is C[C@H](c1cccc(C(F)(F)F)c1)N(C(=O)c1cc[n+]([O-])cc1)C1CC1. The van der Waals surface area contributed by atoms with Crippen LogP contribution >= 0.6 is 0 Å². The van der Waals surface area contributed by atoms with E-state index in [0.717, 1.165) is 25.0 Å². The molecule has 3 rings (SSSR count). The van der Waals surface area contributed by atoms with Crippen LogP contribution in [0.4, 0.5) is 13.2 Å². The van der Waals surface area contributed by atoms with Crippen LogP contribution in [0.2, 0.25) is 0 Å². The Morgan fingerprint density at radius 1 is 1.24 bits per heavy atom. The number of halogens is 3. The number of carbonyl (C=O) groups is 1. The number of alkyl halides is 3. The highest BCUT2D eigenvalue weighted by Crippen LogP contribution is 2.37. The van der Waals surface area contributed by atoms with Crippen LogP contribution in [0.1, 0.15) is 47.3 Å². The quantitative estimate of drug-likeness (QED) is 0.623. The summed E-state index contributed by atoms with van der Waals surface area (Å²) in [7, 11) is 0. The zero-order valence-electron chi connectivity index (χ0n) is 13.5. The lowest BCUT2D eigenvalue weighted by molar-refractivity contribution is -0.605. The molecule has 1 aliphatic carbocycles. The number of hydrogen-bond donors (Lipinski definition) is 0. The second kappa shape index (κ2) is 6.38. The van der Waals surface area contributed by atoms with Gasteiger partial charge in [0.2, 0.25) is 0 Å². The van der Waals surface area contributed by atoms with Crippen molar-refractivity contribution < 1.29 is 22.7 Å². The first-order chi connectivity index (χ1) is 11.8. The van der Waals surface area contributed by atoms with Crippen LogP contribution in [-0.4, -0.2) is 16.8 Å². The van der Waals surface area contributed by atoms with Crippen molar-refractivity contribution in [1.29, 1.82) is 0 Å². The Kier molecular flexibility index (Phi) is 4.41. The molecular weight excluding hydrogens is 333 g/mol. The van der Waals surface area contributed by atoms with Gasteiger partial charge in [0, 0.05) is 18.2 Å². The molecule has 4 nitrogen and oxygen atoms in total. The molecule has 0 radical (unpaired) electrons. The van der Waals surface area contributed by atoms with Crippen LogP contribution in [0.15, 0.2) is 48.8 Å². The summed E-state index contributed by atoms with van der Waals surface area (Å²) < 4.78 is 39.4. The normalized spacial score (nSPS) is 15.7. The van der Waals surface area contributed by atoms with Gasteiger partial charge in [0.25, 0.3) is 5.91 Å². The van der Waals surface area contributed by atoms with Gasteiger partial charge in [-0.15, -0.1) is 0 Å². The summed E-state index contributed by atoms with van der Waals surface area (Å²) in [5, 5.41) is 11.1. The molecule has 0 aliphatic heterocycles. The number of hydrogen-bond acceptors (Lipinski definition) is 2. The standard InChI is InChI=1S/C18H17F3N2O2/c1-12(14-3-2-4-15(11-14)18(19,20)21)23(16-5-6-16)17(24)13-7-9-22(25)10-8-13/h2-4,7-12,16H,5-6H2,1H3/t12-/m1/s1. The molecule has 1 fully saturated rings. The lowest BCUT2D eigenvalue weighted by Crippen LogP contribution is -2.36. The van der Waals surface area contributed by atoms with Gasteiger partial charge in [0.1, 0.15) is 0 Å². The van der Waals surface area contributed by atoms with Gasteiger partial charge in [0.15, 0.2) is 12.4 Å². The number of benzene rings is 1. The first-order valence-corrected chi connectivity index (χ1v) is 7.96.